The number of aromatic nitrogens is 2. The molecule has 0 aliphatic carbocycles. The van der Waals surface area contributed by atoms with E-state index in [0.29, 0.717) is 22.3 Å². The van der Waals surface area contributed by atoms with Crippen molar-refractivity contribution < 1.29 is 13.9 Å². The van der Waals surface area contributed by atoms with Gasteiger partial charge in [0.05, 0.1) is 23.7 Å². The van der Waals surface area contributed by atoms with Crippen LogP contribution >= 0.6 is 0 Å². The molecule has 1 heterocycles. The number of hydrogen-bond donors (Lipinski definition) is 2. The summed E-state index contributed by atoms with van der Waals surface area (Å²) < 4.78 is 18.8. The van der Waals surface area contributed by atoms with Gasteiger partial charge < -0.3 is 14.7 Å². The minimum atomic E-state index is -0.651. The number of carbonyl (C=O) groups excluding carboxylic acids is 1. The van der Waals surface area contributed by atoms with Crippen LogP contribution < -0.4 is 10.4 Å². The number of benzene rings is 2. The Morgan fingerprint density at radius 1 is 1.10 bits per heavy atom. The zero-order chi connectivity index (χ0) is 15.0. The number of carbonyl (C=O) groups is 1. The number of ketones is 1. The average Bonchev–Trinajstić information content (AvgIpc) is 2.85. The summed E-state index contributed by atoms with van der Waals surface area (Å²) >= 11 is 0. The van der Waals surface area contributed by atoms with Crippen LogP contribution in [-0.2, 0) is 0 Å². The number of hydrogen-bond acceptors (Lipinski definition) is 3. The van der Waals surface area contributed by atoms with Crippen LogP contribution in [0, 0.1) is 5.82 Å². The van der Waals surface area contributed by atoms with E-state index in [4.69, 9.17) is 4.74 Å². The summed E-state index contributed by atoms with van der Waals surface area (Å²) in [5.74, 6) is -0.768. The minimum absolute atomic E-state index is 0.0481. The molecule has 0 saturated carbocycles. The molecule has 1 aromatic heterocycles. The lowest BCUT2D eigenvalue weighted by molar-refractivity contribution is 0.103. The minimum Gasteiger partial charge on any atom is -0.497 e. The fourth-order valence-corrected chi connectivity index (χ4v) is 2.14. The zero-order valence-corrected chi connectivity index (χ0v) is 11.1. The van der Waals surface area contributed by atoms with Crippen molar-refractivity contribution in [3.8, 4) is 5.75 Å². The largest absolute Gasteiger partial charge is 0.497 e. The van der Waals surface area contributed by atoms with Crippen molar-refractivity contribution in [2.75, 3.05) is 7.11 Å². The standard InChI is InChI=1S/C15H11FN2O3/c1-21-9-3-4-10(11(16)7-9)14(19)8-2-5-12-13(6-8)18-15(20)17-12/h2-7H,1H3,(H2,17,18,20). The Labute approximate surface area is 118 Å². The van der Waals surface area contributed by atoms with Gasteiger partial charge in [0.15, 0.2) is 5.78 Å². The number of methoxy groups -OCH3 is 1. The highest BCUT2D eigenvalue weighted by Gasteiger charge is 2.15. The van der Waals surface area contributed by atoms with Gasteiger partial charge in [-0.1, -0.05) is 0 Å². The van der Waals surface area contributed by atoms with E-state index < -0.39 is 11.6 Å². The van der Waals surface area contributed by atoms with Crippen LogP contribution in [0.2, 0.25) is 0 Å². The van der Waals surface area contributed by atoms with E-state index in [9.17, 15) is 14.0 Å². The summed E-state index contributed by atoms with van der Waals surface area (Å²) in [6.45, 7) is 0. The van der Waals surface area contributed by atoms with Crippen LogP contribution in [0.15, 0.2) is 41.2 Å². The maximum Gasteiger partial charge on any atom is 0.323 e. The third kappa shape index (κ3) is 2.31. The predicted octanol–water partition coefficient (Wildman–Crippen LogP) is 2.23. The van der Waals surface area contributed by atoms with Gasteiger partial charge in [-0.05, 0) is 30.3 Å². The van der Waals surface area contributed by atoms with Crippen LogP contribution in [0.5, 0.6) is 5.75 Å². The van der Waals surface area contributed by atoms with Gasteiger partial charge in [-0.2, -0.15) is 0 Å². The second kappa shape index (κ2) is 4.90. The summed E-state index contributed by atoms with van der Waals surface area (Å²) in [5.41, 5.74) is 0.978. The lowest BCUT2D eigenvalue weighted by atomic mass is 10.0. The molecule has 0 amide bonds. The van der Waals surface area contributed by atoms with Crippen molar-refractivity contribution in [2.45, 2.75) is 0 Å². The summed E-state index contributed by atoms with van der Waals surface area (Å²) in [7, 11) is 1.42. The molecule has 2 N–H and O–H groups in total. The van der Waals surface area contributed by atoms with E-state index in [0.717, 1.165) is 6.07 Å². The van der Waals surface area contributed by atoms with Gasteiger partial charge in [0.2, 0.25) is 0 Å². The second-order valence-electron chi connectivity index (χ2n) is 4.51. The number of halogens is 1. The van der Waals surface area contributed by atoms with E-state index in [-0.39, 0.29) is 11.3 Å². The fraction of sp³-hybridized carbons (Fsp3) is 0.0667. The summed E-state index contributed by atoms with van der Waals surface area (Å²) in [6.07, 6.45) is 0. The predicted molar refractivity (Wildman–Crippen MR) is 75.3 cm³/mol. The Morgan fingerprint density at radius 2 is 1.86 bits per heavy atom. The number of aromatic amines is 2. The van der Waals surface area contributed by atoms with Gasteiger partial charge in [-0.3, -0.25) is 4.79 Å². The van der Waals surface area contributed by atoms with Gasteiger partial charge >= 0.3 is 5.69 Å². The average molecular weight is 286 g/mol. The topological polar surface area (TPSA) is 75.0 Å². The first-order valence-electron chi connectivity index (χ1n) is 6.19. The zero-order valence-electron chi connectivity index (χ0n) is 11.1. The molecular weight excluding hydrogens is 275 g/mol. The molecule has 0 bridgehead atoms. The highest BCUT2D eigenvalue weighted by Crippen LogP contribution is 2.20. The fourth-order valence-electron chi connectivity index (χ4n) is 2.14. The maximum atomic E-state index is 13.9. The third-order valence-corrected chi connectivity index (χ3v) is 3.20. The number of rotatable bonds is 3. The van der Waals surface area contributed by atoms with Crippen molar-refractivity contribution in [1.82, 2.24) is 9.97 Å². The molecule has 0 fully saturated rings. The van der Waals surface area contributed by atoms with Crippen LogP contribution in [0.3, 0.4) is 0 Å². The molecule has 3 rings (SSSR count). The molecular formula is C15H11FN2O3. The van der Waals surface area contributed by atoms with E-state index >= 15 is 0 Å². The lowest BCUT2D eigenvalue weighted by Crippen LogP contribution is -2.04. The van der Waals surface area contributed by atoms with Crippen LogP contribution in [0.1, 0.15) is 15.9 Å². The quantitative estimate of drug-likeness (QED) is 0.725. The molecule has 0 spiro atoms. The number of imidazole rings is 1. The van der Waals surface area contributed by atoms with Crippen molar-refractivity contribution in [2.24, 2.45) is 0 Å². The van der Waals surface area contributed by atoms with Gasteiger partial charge in [0.25, 0.3) is 0 Å². The molecule has 21 heavy (non-hydrogen) atoms. The van der Waals surface area contributed by atoms with Crippen molar-refractivity contribution in [3.63, 3.8) is 0 Å². The highest BCUT2D eigenvalue weighted by atomic mass is 19.1. The molecule has 5 nitrogen and oxygen atoms in total. The Bertz CT molecular complexity index is 895. The Balaban J connectivity index is 2.05. The number of nitrogens with one attached hydrogen (secondary N) is 2. The summed E-state index contributed by atoms with van der Waals surface area (Å²) in [5, 5.41) is 0. The third-order valence-electron chi connectivity index (χ3n) is 3.20. The molecule has 106 valence electrons. The smallest absolute Gasteiger partial charge is 0.323 e. The first kappa shape index (κ1) is 13.1. The normalized spacial score (nSPS) is 10.8. The molecule has 0 atom stereocenters. The summed E-state index contributed by atoms with van der Waals surface area (Å²) in [6, 6.07) is 8.71. The Morgan fingerprint density at radius 3 is 2.57 bits per heavy atom. The van der Waals surface area contributed by atoms with Crippen LogP contribution in [0.25, 0.3) is 11.0 Å². The monoisotopic (exact) mass is 286 g/mol. The highest BCUT2D eigenvalue weighted by molar-refractivity contribution is 6.10. The van der Waals surface area contributed by atoms with E-state index in [1.807, 2.05) is 0 Å². The van der Waals surface area contributed by atoms with Crippen LogP contribution in [0.4, 0.5) is 4.39 Å². The molecule has 0 aliphatic heterocycles. The maximum absolute atomic E-state index is 13.9. The Hall–Kier alpha value is -2.89. The van der Waals surface area contributed by atoms with E-state index in [1.54, 1.807) is 6.07 Å². The molecule has 0 saturated heterocycles. The first-order chi connectivity index (χ1) is 10.1. The van der Waals surface area contributed by atoms with Gasteiger partial charge in [0.1, 0.15) is 11.6 Å². The molecule has 0 unspecified atom stereocenters. The molecule has 6 heteroatoms. The van der Waals surface area contributed by atoms with Crippen LogP contribution in [-0.4, -0.2) is 22.9 Å². The number of H-pyrrole nitrogens is 2. The van der Waals surface area contributed by atoms with Crippen molar-refractivity contribution in [3.05, 3.63) is 63.8 Å². The second-order valence-corrected chi connectivity index (χ2v) is 4.51. The van der Waals surface area contributed by atoms with Gasteiger partial charge in [-0.15, -0.1) is 0 Å². The number of fused-ring (bicyclic) bond motifs is 1. The molecule has 0 radical (unpaired) electrons. The Kier molecular flexibility index (Phi) is 3.06. The van der Waals surface area contributed by atoms with Gasteiger partial charge in [0, 0.05) is 11.6 Å². The van der Waals surface area contributed by atoms with Crippen molar-refractivity contribution in [1.29, 1.82) is 0 Å². The van der Waals surface area contributed by atoms with E-state index in [2.05, 4.69) is 9.97 Å². The van der Waals surface area contributed by atoms with E-state index in [1.165, 1.54) is 31.4 Å². The summed E-state index contributed by atoms with van der Waals surface area (Å²) in [4.78, 5) is 28.7. The SMILES string of the molecule is COc1ccc(C(=O)c2ccc3[nH]c(=O)[nH]c3c2)c(F)c1. The van der Waals surface area contributed by atoms with Crippen molar-refractivity contribution >= 4 is 16.8 Å². The molecule has 2 aromatic carbocycles. The van der Waals surface area contributed by atoms with Gasteiger partial charge in [-0.25, -0.2) is 9.18 Å². The molecule has 0 aliphatic rings. The lowest BCUT2D eigenvalue weighted by Gasteiger charge is -2.05. The number of ether oxygens (including phenoxy) is 1. The molecule has 3 aromatic rings. The first-order valence-corrected chi connectivity index (χ1v) is 6.19.